The van der Waals surface area contributed by atoms with E-state index in [0.717, 1.165) is 24.5 Å². The zero-order chi connectivity index (χ0) is 27.2. The predicted octanol–water partition coefficient (Wildman–Crippen LogP) is 2.25. The lowest BCUT2D eigenvalue weighted by molar-refractivity contribution is -0.153. The van der Waals surface area contributed by atoms with Crippen LogP contribution < -0.4 is 29.2 Å². The van der Waals surface area contributed by atoms with Crippen LogP contribution in [0.1, 0.15) is 18.5 Å². The Bertz CT molecular complexity index is 1150. The number of guanidine groups is 1. The lowest BCUT2D eigenvalue weighted by Crippen LogP contribution is -2.57. The number of carbonyl (C=O) groups excluding carboxylic acids is 2. The number of hydrogen-bond donors (Lipinski definition) is 1. The molecule has 0 bridgehead atoms. The van der Waals surface area contributed by atoms with Crippen molar-refractivity contribution in [1.82, 2.24) is 10.2 Å². The number of ether oxygens (including phenoxy) is 5. The second-order valence-corrected chi connectivity index (χ2v) is 8.75. The number of hydrogen-bond acceptors (Lipinski definition) is 10. The molecule has 2 aliphatic heterocycles. The fraction of sp³-hybridized carbons (Fsp3) is 0.444. The van der Waals surface area contributed by atoms with Gasteiger partial charge in [0.05, 0.1) is 35.0 Å². The molecule has 11 heteroatoms. The molecule has 0 spiro atoms. The van der Waals surface area contributed by atoms with Gasteiger partial charge >= 0.3 is 5.97 Å². The van der Waals surface area contributed by atoms with Crippen molar-refractivity contribution >= 4 is 23.5 Å². The molecule has 1 amide bonds. The standard InChI is InChI=1S/C27H34N4O7/c1-6-38-26(33)22-23(17-15-20(35-3)24(37-5)21(16-17)36-4)28-27(29-25(22)32)31-13-11-30(12-14-31)18-7-9-19(34-2)10-8-18/h7-10,15-16,22-23H,6,11-14H2,1-5H3,(H,28,29,32)/t22-,23+/m0/s1. The van der Waals surface area contributed by atoms with Gasteiger partial charge in [-0.2, -0.15) is 0 Å². The number of piperazine rings is 1. The minimum absolute atomic E-state index is 0.147. The Kier molecular flexibility index (Phi) is 8.45. The van der Waals surface area contributed by atoms with E-state index in [1.807, 2.05) is 29.2 Å². The Morgan fingerprint density at radius 1 is 0.921 bits per heavy atom. The van der Waals surface area contributed by atoms with Crippen LogP contribution in [0.15, 0.2) is 41.4 Å². The summed E-state index contributed by atoms with van der Waals surface area (Å²) < 4.78 is 26.9. The van der Waals surface area contributed by atoms with Gasteiger partial charge in [-0.15, -0.1) is 0 Å². The SMILES string of the molecule is CCOC(=O)[C@@H]1C(=O)NC(N2CCN(c3ccc(OC)cc3)CC2)=N[C@@H]1c1cc(OC)c(OC)c(OC)c1. The van der Waals surface area contributed by atoms with Crippen molar-refractivity contribution in [2.45, 2.75) is 13.0 Å². The summed E-state index contributed by atoms with van der Waals surface area (Å²) in [7, 11) is 6.17. The van der Waals surface area contributed by atoms with E-state index in [-0.39, 0.29) is 6.61 Å². The van der Waals surface area contributed by atoms with Crippen LogP contribution in [0.5, 0.6) is 23.0 Å². The highest BCUT2D eigenvalue weighted by Crippen LogP contribution is 2.42. The molecule has 0 saturated carbocycles. The van der Waals surface area contributed by atoms with Gasteiger partial charge in [0.15, 0.2) is 17.4 Å². The summed E-state index contributed by atoms with van der Waals surface area (Å²) in [5.74, 6) is 0.165. The summed E-state index contributed by atoms with van der Waals surface area (Å²) in [5, 5.41) is 2.84. The van der Waals surface area contributed by atoms with Gasteiger partial charge in [0.2, 0.25) is 17.6 Å². The van der Waals surface area contributed by atoms with Gasteiger partial charge in [0.1, 0.15) is 11.8 Å². The van der Waals surface area contributed by atoms with Crippen LogP contribution in [0, 0.1) is 5.92 Å². The van der Waals surface area contributed by atoms with Crippen molar-refractivity contribution in [3.8, 4) is 23.0 Å². The van der Waals surface area contributed by atoms with Crippen molar-refractivity contribution < 1.29 is 33.3 Å². The van der Waals surface area contributed by atoms with Crippen molar-refractivity contribution in [3.63, 3.8) is 0 Å². The van der Waals surface area contributed by atoms with Crippen LogP contribution in [-0.2, 0) is 14.3 Å². The lowest BCUT2D eigenvalue weighted by Gasteiger charge is -2.39. The minimum Gasteiger partial charge on any atom is -0.497 e. The summed E-state index contributed by atoms with van der Waals surface area (Å²) in [6.07, 6.45) is 0. The van der Waals surface area contributed by atoms with Crippen molar-refractivity contribution in [2.75, 3.05) is 66.1 Å². The number of nitrogens with one attached hydrogen (secondary N) is 1. The van der Waals surface area contributed by atoms with Crippen LogP contribution in [0.4, 0.5) is 5.69 Å². The van der Waals surface area contributed by atoms with Crippen LogP contribution in [0.2, 0.25) is 0 Å². The zero-order valence-electron chi connectivity index (χ0n) is 22.4. The van der Waals surface area contributed by atoms with Gasteiger partial charge in [-0.05, 0) is 48.9 Å². The maximum absolute atomic E-state index is 13.3. The fourth-order valence-electron chi connectivity index (χ4n) is 4.71. The molecule has 0 aromatic heterocycles. The van der Waals surface area contributed by atoms with Crippen LogP contribution in [0.25, 0.3) is 0 Å². The van der Waals surface area contributed by atoms with E-state index in [9.17, 15) is 9.59 Å². The van der Waals surface area contributed by atoms with Crippen molar-refractivity contribution in [2.24, 2.45) is 10.9 Å². The molecule has 1 fully saturated rings. The first-order valence-electron chi connectivity index (χ1n) is 12.4. The highest BCUT2D eigenvalue weighted by Gasteiger charge is 2.43. The highest BCUT2D eigenvalue weighted by atomic mass is 16.5. The summed E-state index contributed by atoms with van der Waals surface area (Å²) in [4.78, 5) is 35.3. The fourth-order valence-corrected chi connectivity index (χ4v) is 4.71. The number of esters is 1. The molecule has 0 radical (unpaired) electrons. The Morgan fingerprint density at radius 3 is 2.05 bits per heavy atom. The molecule has 1 saturated heterocycles. The molecule has 11 nitrogen and oxygen atoms in total. The normalized spacial score (nSPS) is 19.3. The van der Waals surface area contributed by atoms with E-state index in [0.29, 0.717) is 41.9 Å². The number of rotatable bonds is 8. The Balaban J connectivity index is 1.63. The van der Waals surface area contributed by atoms with E-state index in [1.165, 1.54) is 21.3 Å². The van der Waals surface area contributed by atoms with Gasteiger partial charge in [-0.3, -0.25) is 14.9 Å². The van der Waals surface area contributed by atoms with Crippen molar-refractivity contribution in [1.29, 1.82) is 0 Å². The van der Waals surface area contributed by atoms with Crippen molar-refractivity contribution in [3.05, 3.63) is 42.0 Å². The average Bonchev–Trinajstić information content (AvgIpc) is 2.96. The van der Waals surface area contributed by atoms with Gasteiger partial charge < -0.3 is 33.5 Å². The molecule has 2 heterocycles. The maximum Gasteiger partial charge on any atom is 0.321 e. The van der Waals surface area contributed by atoms with E-state index in [4.69, 9.17) is 28.7 Å². The van der Waals surface area contributed by atoms with Gasteiger partial charge in [0, 0.05) is 31.9 Å². The molecule has 4 rings (SSSR count). The number of nitrogens with zero attached hydrogens (tertiary/aromatic N) is 3. The van der Waals surface area contributed by atoms with E-state index in [1.54, 1.807) is 26.2 Å². The minimum atomic E-state index is -1.16. The second kappa shape index (κ2) is 11.9. The Morgan fingerprint density at radius 2 is 1.53 bits per heavy atom. The zero-order valence-corrected chi connectivity index (χ0v) is 22.4. The van der Waals surface area contributed by atoms with Crippen LogP contribution >= 0.6 is 0 Å². The number of methoxy groups -OCH3 is 4. The number of anilines is 1. The third-order valence-electron chi connectivity index (χ3n) is 6.68. The molecule has 2 aromatic carbocycles. The molecule has 0 aliphatic carbocycles. The third-order valence-corrected chi connectivity index (χ3v) is 6.68. The topological polar surface area (TPSA) is 111 Å². The number of carbonyl (C=O) groups is 2. The molecular formula is C27H34N4O7. The number of amides is 1. The van der Waals surface area contributed by atoms with Gasteiger partial charge in [0.25, 0.3) is 0 Å². The van der Waals surface area contributed by atoms with Gasteiger partial charge in [-0.1, -0.05) is 0 Å². The smallest absolute Gasteiger partial charge is 0.321 e. The third kappa shape index (κ3) is 5.41. The predicted molar refractivity (Wildman–Crippen MR) is 141 cm³/mol. The van der Waals surface area contributed by atoms with E-state index < -0.39 is 23.8 Å². The maximum atomic E-state index is 13.3. The molecule has 38 heavy (non-hydrogen) atoms. The highest BCUT2D eigenvalue weighted by molar-refractivity contribution is 6.08. The molecular weight excluding hydrogens is 492 g/mol. The molecule has 2 atom stereocenters. The average molecular weight is 527 g/mol. The number of aliphatic imine (C=N–C) groups is 1. The molecule has 204 valence electrons. The van der Waals surface area contributed by atoms with Crippen LogP contribution in [0.3, 0.4) is 0 Å². The molecule has 2 aliphatic rings. The summed E-state index contributed by atoms with van der Waals surface area (Å²) >= 11 is 0. The second-order valence-electron chi connectivity index (χ2n) is 8.75. The quantitative estimate of drug-likeness (QED) is 0.409. The first-order valence-corrected chi connectivity index (χ1v) is 12.4. The Hall–Kier alpha value is -4.15. The van der Waals surface area contributed by atoms with Crippen LogP contribution in [-0.4, -0.2) is 84.0 Å². The first kappa shape index (κ1) is 26.9. The summed E-state index contributed by atoms with van der Waals surface area (Å²) in [6.45, 7) is 4.58. The molecule has 0 unspecified atom stereocenters. The largest absolute Gasteiger partial charge is 0.497 e. The first-order chi connectivity index (χ1) is 18.4. The van der Waals surface area contributed by atoms with Gasteiger partial charge in [-0.25, -0.2) is 4.99 Å². The Labute approximate surface area is 222 Å². The summed E-state index contributed by atoms with van der Waals surface area (Å²) in [5.41, 5.74) is 1.67. The van der Waals surface area contributed by atoms with E-state index >= 15 is 0 Å². The van der Waals surface area contributed by atoms with E-state index in [2.05, 4.69) is 10.2 Å². The number of benzene rings is 2. The summed E-state index contributed by atoms with van der Waals surface area (Å²) in [6, 6.07) is 10.5. The monoisotopic (exact) mass is 526 g/mol. The lowest BCUT2D eigenvalue weighted by atomic mass is 9.90. The molecule has 2 aromatic rings. The molecule has 1 N–H and O–H groups in total.